The molecule has 0 bridgehead atoms. The van der Waals surface area contributed by atoms with Crippen molar-refractivity contribution in [1.29, 1.82) is 0 Å². The number of aryl methyl sites for hydroxylation is 1. The second-order valence-electron chi connectivity index (χ2n) is 6.27. The fourth-order valence-electron chi connectivity index (χ4n) is 1.88. The van der Waals surface area contributed by atoms with E-state index in [9.17, 15) is 22.8 Å². The van der Waals surface area contributed by atoms with Gasteiger partial charge in [0.15, 0.2) is 0 Å². The number of alkyl halides is 3. The van der Waals surface area contributed by atoms with Gasteiger partial charge in [0.05, 0.1) is 0 Å². The van der Waals surface area contributed by atoms with E-state index >= 15 is 0 Å². The van der Waals surface area contributed by atoms with Crippen LogP contribution < -0.4 is 10.1 Å². The van der Waals surface area contributed by atoms with Crippen LogP contribution in [0.1, 0.15) is 32.8 Å². The van der Waals surface area contributed by atoms with Gasteiger partial charge >= 0.3 is 18.4 Å². The standard InChI is InChI=1S/C16H20F3NO5/c1-15(2,3)25-14(23)20-12(13(21)22)9-6-10-4-7-11(8-5-10)24-16(17,18)19/h4-5,7-8,12H,6,9H2,1-3H3,(H,20,23)(H,21,22)/t12-/m0/s1. The highest BCUT2D eigenvalue weighted by atomic mass is 19.4. The summed E-state index contributed by atoms with van der Waals surface area (Å²) in [7, 11) is 0. The van der Waals surface area contributed by atoms with E-state index in [-0.39, 0.29) is 18.6 Å². The quantitative estimate of drug-likeness (QED) is 0.808. The summed E-state index contributed by atoms with van der Waals surface area (Å²) in [5.74, 6) is -1.60. The molecule has 0 saturated carbocycles. The summed E-state index contributed by atoms with van der Waals surface area (Å²) in [6.45, 7) is 4.94. The first-order valence-electron chi connectivity index (χ1n) is 7.43. The maximum atomic E-state index is 12.1. The number of rotatable bonds is 6. The molecule has 0 aliphatic carbocycles. The summed E-state index contributed by atoms with van der Waals surface area (Å²) in [6.07, 6.45) is -5.34. The predicted molar refractivity (Wildman–Crippen MR) is 82.2 cm³/mol. The largest absolute Gasteiger partial charge is 0.573 e. The average Bonchev–Trinajstić information content (AvgIpc) is 2.41. The third-order valence-corrected chi connectivity index (χ3v) is 2.87. The van der Waals surface area contributed by atoms with Gasteiger partial charge in [-0.15, -0.1) is 13.2 Å². The number of alkyl carbamates (subject to hydrolysis) is 1. The van der Waals surface area contributed by atoms with Crippen molar-refractivity contribution in [2.45, 2.75) is 51.6 Å². The Balaban J connectivity index is 2.60. The lowest BCUT2D eigenvalue weighted by molar-refractivity contribution is -0.274. The molecule has 140 valence electrons. The number of hydrogen-bond acceptors (Lipinski definition) is 4. The monoisotopic (exact) mass is 363 g/mol. The van der Waals surface area contributed by atoms with Crippen LogP contribution in [0.3, 0.4) is 0 Å². The number of carbonyl (C=O) groups excluding carboxylic acids is 1. The Labute approximate surface area is 142 Å². The molecule has 0 aliphatic rings. The lowest BCUT2D eigenvalue weighted by atomic mass is 10.1. The van der Waals surface area contributed by atoms with Gasteiger partial charge in [-0.2, -0.15) is 0 Å². The molecule has 9 heteroatoms. The summed E-state index contributed by atoms with van der Waals surface area (Å²) >= 11 is 0. The molecule has 1 rings (SSSR count). The fourth-order valence-corrected chi connectivity index (χ4v) is 1.88. The highest BCUT2D eigenvalue weighted by Crippen LogP contribution is 2.23. The normalized spacial score (nSPS) is 13.0. The Morgan fingerprint density at radius 1 is 1.16 bits per heavy atom. The fraction of sp³-hybridized carbons (Fsp3) is 0.500. The lowest BCUT2D eigenvalue weighted by Gasteiger charge is -2.22. The predicted octanol–water partition coefficient (Wildman–Crippen LogP) is 3.50. The van der Waals surface area contributed by atoms with Crippen molar-refractivity contribution in [3.63, 3.8) is 0 Å². The summed E-state index contributed by atoms with van der Waals surface area (Å²) < 4.78 is 45.0. The van der Waals surface area contributed by atoms with Crippen molar-refractivity contribution in [2.75, 3.05) is 0 Å². The third-order valence-electron chi connectivity index (χ3n) is 2.87. The first-order valence-corrected chi connectivity index (χ1v) is 7.43. The maximum absolute atomic E-state index is 12.1. The van der Waals surface area contributed by atoms with Crippen molar-refractivity contribution in [2.24, 2.45) is 0 Å². The molecule has 0 fully saturated rings. The molecule has 0 aliphatic heterocycles. The van der Waals surface area contributed by atoms with E-state index in [1.807, 2.05) is 0 Å². The zero-order chi connectivity index (χ0) is 19.3. The van der Waals surface area contributed by atoms with Crippen LogP contribution in [0.15, 0.2) is 24.3 Å². The molecule has 0 unspecified atom stereocenters. The van der Waals surface area contributed by atoms with Gasteiger partial charge in [-0.25, -0.2) is 9.59 Å². The van der Waals surface area contributed by atoms with Crippen LogP contribution in [0.4, 0.5) is 18.0 Å². The lowest BCUT2D eigenvalue weighted by Crippen LogP contribution is -2.43. The average molecular weight is 363 g/mol. The molecular formula is C16H20F3NO5. The van der Waals surface area contributed by atoms with Gasteiger partial charge in [0.25, 0.3) is 0 Å². The minimum absolute atomic E-state index is 0.0497. The smallest absolute Gasteiger partial charge is 0.480 e. The van der Waals surface area contributed by atoms with Crippen LogP contribution in [0.25, 0.3) is 0 Å². The molecular weight excluding hydrogens is 343 g/mol. The van der Waals surface area contributed by atoms with E-state index in [4.69, 9.17) is 9.84 Å². The second-order valence-corrected chi connectivity index (χ2v) is 6.27. The van der Waals surface area contributed by atoms with Crippen LogP contribution in [0.2, 0.25) is 0 Å². The molecule has 0 aromatic heterocycles. The van der Waals surface area contributed by atoms with Gasteiger partial charge in [0, 0.05) is 0 Å². The minimum atomic E-state index is -4.77. The van der Waals surface area contributed by atoms with Crippen molar-refractivity contribution in [3.05, 3.63) is 29.8 Å². The van der Waals surface area contributed by atoms with E-state index < -0.39 is 30.1 Å². The summed E-state index contributed by atoms with van der Waals surface area (Å²) in [5, 5.41) is 11.4. The van der Waals surface area contributed by atoms with Gasteiger partial charge in [-0.05, 0) is 51.3 Å². The summed E-state index contributed by atoms with van der Waals surface area (Å²) in [5.41, 5.74) is -0.159. The van der Waals surface area contributed by atoms with Crippen molar-refractivity contribution in [3.8, 4) is 5.75 Å². The Kier molecular flexibility index (Phi) is 6.66. The van der Waals surface area contributed by atoms with Gasteiger partial charge in [0.1, 0.15) is 17.4 Å². The molecule has 25 heavy (non-hydrogen) atoms. The van der Waals surface area contributed by atoms with E-state index in [0.717, 1.165) is 12.1 Å². The Morgan fingerprint density at radius 3 is 2.16 bits per heavy atom. The van der Waals surface area contributed by atoms with Crippen LogP contribution in [0.5, 0.6) is 5.75 Å². The zero-order valence-electron chi connectivity index (χ0n) is 14.0. The SMILES string of the molecule is CC(C)(C)OC(=O)N[C@@H](CCc1ccc(OC(F)(F)F)cc1)C(=O)O. The third kappa shape index (κ3) is 8.83. The first kappa shape index (κ1) is 20.6. The van der Waals surface area contributed by atoms with Crippen LogP contribution >= 0.6 is 0 Å². The number of ether oxygens (including phenoxy) is 2. The van der Waals surface area contributed by atoms with E-state index in [2.05, 4.69) is 10.1 Å². The Morgan fingerprint density at radius 2 is 1.72 bits per heavy atom. The number of hydrogen-bond donors (Lipinski definition) is 2. The van der Waals surface area contributed by atoms with Gasteiger partial charge in [-0.1, -0.05) is 12.1 Å². The maximum Gasteiger partial charge on any atom is 0.573 e. The van der Waals surface area contributed by atoms with E-state index in [0.29, 0.717) is 5.56 Å². The molecule has 1 amide bonds. The number of nitrogens with one attached hydrogen (secondary N) is 1. The number of carboxylic acid groups (broad SMARTS) is 1. The van der Waals surface area contributed by atoms with Crippen LogP contribution in [0, 0.1) is 0 Å². The molecule has 1 aromatic rings. The number of carbonyl (C=O) groups is 2. The van der Waals surface area contributed by atoms with Crippen molar-refractivity contribution >= 4 is 12.1 Å². The van der Waals surface area contributed by atoms with Gasteiger partial charge < -0.3 is 19.9 Å². The van der Waals surface area contributed by atoms with Crippen molar-refractivity contribution < 1.29 is 37.3 Å². The number of carboxylic acids is 1. The molecule has 6 nitrogen and oxygen atoms in total. The molecule has 0 saturated heterocycles. The van der Waals surface area contributed by atoms with Gasteiger partial charge in [-0.3, -0.25) is 0 Å². The Hall–Kier alpha value is -2.45. The molecule has 2 N–H and O–H groups in total. The number of benzene rings is 1. The zero-order valence-corrected chi connectivity index (χ0v) is 14.0. The molecule has 0 heterocycles. The first-order chi connectivity index (χ1) is 11.4. The number of aliphatic carboxylic acids is 1. The summed E-state index contributed by atoms with van der Waals surface area (Å²) in [6, 6.07) is 3.89. The molecule has 1 aromatic carbocycles. The molecule has 1 atom stereocenters. The second kappa shape index (κ2) is 8.09. The topological polar surface area (TPSA) is 84.9 Å². The van der Waals surface area contributed by atoms with E-state index in [1.54, 1.807) is 20.8 Å². The van der Waals surface area contributed by atoms with Crippen LogP contribution in [-0.2, 0) is 16.0 Å². The molecule has 0 radical (unpaired) electrons. The van der Waals surface area contributed by atoms with Gasteiger partial charge in [0.2, 0.25) is 0 Å². The minimum Gasteiger partial charge on any atom is -0.480 e. The van der Waals surface area contributed by atoms with E-state index in [1.165, 1.54) is 12.1 Å². The highest BCUT2D eigenvalue weighted by molar-refractivity contribution is 5.80. The van der Waals surface area contributed by atoms with Crippen LogP contribution in [-0.4, -0.2) is 35.2 Å². The van der Waals surface area contributed by atoms with Crippen molar-refractivity contribution in [1.82, 2.24) is 5.32 Å². The summed E-state index contributed by atoms with van der Waals surface area (Å²) in [4.78, 5) is 22.9. The number of amides is 1. The Bertz CT molecular complexity index is 593. The molecule has 0 spiro atoms. The number of halogens is 3. The highest BCUT2D eigenvalue weighted by Gasteiger charge is 2.31.